The second-order valence-corrected chi connectivity index (χ2v) is 10.3. The van der Waals surface area contributed by atoms with Crippen LogP contribution in [0.5, 0.6) is 0 Å². The fourth-order valence-electron chi connectivity index (χ4n) is 5.68. The smallest absolute Gasteiger partial charge is 0.407 e. The second-order valence-electron chi connectivity index (χ2n) is 10.3. The maximum Gasteiger partial charge on any atom is 0.407 e. The Morgan fingerprint density at radius 3 is 2.26 bits per heavy atom. The number of carbonyl (C=O) groups excluding carboxylic acids is 2. The first-order chi connectivity index (χ1) is 16.9. The van der Waals surface area contributed by atoms with Crippen LogP contribution in [0.15, 0.2) is 48.5 Å². The number of fused-ring (bicyclic) bond motifs is 3. The molecule has 0 spiro atoms. The van der Waals surface area contributed by atoms with Crippen LogP contribution in [0, 0.1) is 11.8 Å². The number of rotatable bonds is 8. The molecule has 3 aliphatic rings. The van der Waals surface area contributed by atoms with E-state index in [4.69, 9.17) is 4.74 Å². The van der Waals surface area contributed by atoms with Crippen LogP contribution >= 0.6 is 0 Å². The van der Waals surface area contributed by atoms with Crippen molar-refractivity contribution in [2.75, 3.05) is 13.2 Å². The molecule has 0 bridgehead atoms. The molecule has 0 saturated heterocycles. The average molecular weight is 477 g/mol. The number of carboxylic acid groups (broad SMARTS) is 1. The first-order valence-corrected chi connectivity index (χ1v) is 12.6. The Balaban J connectivity index is 1.11. The fraction of sp³-hybridized carbons (Fsp3) is 0.464. The van der Waals surface area contributed by atoms with Crippen molar-refractivity contribution in [2.45, 2.75) is 56.4 Å². The van der Waals surface area contributed by atoms with Gasteiger partial charge in [0.15, 0.2) is 0 Å². The predicted molar refractivity (Wildman–Crippen MR) is 131 cm³/mol. The number of benzene rings is 2. The number of hydrogen-bond acceptors (Lipinski definition) is 4. The van der Waals surface area contributed by atoms with Crippen LogP contribution in [-0.2, 0) is 14.3 Å². The maximum absolute atomic E-state index is 12.6. The molecule has 3 N–H and O–H groups in total. The van der Waals surface area contributed by atoms with E-state index in [2.05, 4.69) is 34.9 Å². The summed E-state index contributed by atoms with van der Waals surface area (Å²) in [5.74, 6) is -0.976. The van der Waals surface area contributed by atoms with Crippen molar-refractivity contribution >= 4 is 18.0 Å². The van der Waals surface area contributed by atoms with Gasteiger partial charge in [-0.25, -0.2) is 4.79 Å². The summed E-state index contributed by atoms with van der Waals surface area (Å²) in [6.45, 7) is 0.734. The lowest BCUT2D eigenvalue weighted by molar-refractivity contribution is -0.143. The molecule has 5 rings (SSSR count). The lowest BCUT2D eigenvalue weighted by Crippen LogP contribution is -2.42. The molecule has 0 radical (unpaired) electrons. The van der Waals surface area contributed by atoms with Crippen molar-refractivity contribution in [3.8, 4) is 11.1 Å². The molecule has 0 heterocycles. The van der Waals surface area contributed by atoms with Crippen molar-refractivity contribution in [3.05, 3.63) is 59.7 Å². The van der Waals surface area contributed by atoms with Gasteiger partial charge in [0, 0.05) is 18.9 Å². The van der Waals surface area contributed by atoms with Crippen LogP contribution in [0.1, 0.15) is 62.0 Å². The van der Waals surface area contributed by atoms with E-state index < -0.39 is 17.6 Å². The third-order valence-corrected chi connectivity index (χ3v) is 7.78. The fourth-order valence-corrected chi connectivity index (χ4v) is 5.68. The van der Waals surface area contributed by atoms with E-state index in [-0.39, 0.29) is 36.7 Å². The zero-order valence-corrected chi connectivity index (χ0v) is 19.8. The lowest BCUT2D eigenvalue weighted by atomic mass is 9.81. The SMILES string of the molecule is O=C(CC1(NC(=O)OCC2c3ccccc3-c3ccccc32)CC1)NCC1CCCC(C(=O)O)C1. The molecule has 7 nitrogen and oxygen atoms in total. The average Bonchev–Trinajstić information content (AvgIpc) is 3.53. The number of ether oxygens (including phenoxy) is 1. The molecule has 2 unspecified atom stereocenters. The van der Waals surface area contributed by atoms with Crippen LogP contribution in [-0.4, -0.2) is 41.8 Å². The highest BCUT2D eigenvalue weighted by molar-refractivity contribution is 5.80. The number of nitrogens with one attached hydrogen (secondary N) is 2. The number of carboxylic acids is 1. The van der Waals surface area contributed by atoms with E-state index in [1.165, 1.54) is 11.1 Å². The monoisotopic (exact) mass is 476 g/mol. The highest BCUT2D eigenvalue weighted by Gasteiger charge is 2.46. The van der Waals surface area contributed by atoms with Crippen molar-refractivity contribution in [1.82, 2.24) is 10.6 Å². The van der Waals surface area contributed by atoms with Gasteiger partial charge in [0.2, 0.25) is 5.91 Å². The molecule has 0 aromatic heterocycles. The van der Waals surface area contributed by atoms with E-state index in [1.807, 2.05) is 24.3 Å². The second kappa shape index (κ2) is 9.72. The van der Waals surface area contributed by atoms with Gasteiger partial charge in [-0.05, 0) is 60.3 Å². The largest absolute Gasteiger partial charge is 0.481 e. The third-order valence-electron chi connectivity index (χ3n) is 7.78. The van der Waals surface area contributed by atoms with Crippen molar-refractivity contribution in [3.63, 3.8) is 0 Å². The van der Waals surface area contributed by atoms with Gasteiger partial charge < -0.3 is 20.5 Å². The van der Waals surface area contributed by atoms with Crippen LogP contribution in [0.4, 0.5) is 4.79 Å². The Morgan fingerprint density at radius 2 is 1.63 bits per heavy atom. The zero-order valence-electron chi connectivity index (χ0n) is 19.8. The van der Waals surface area contributed by atoms with Gasteiger partial charge in [-0.3, -0.25) is 9.59 Å². The zero-order chi connectivity index (χ0) is 24.4. The molecule has 2 amide bonds. The Kier molecular flexibility index (Phi) is 6.50. The standard InChI is InChI=1S/C28H32N2O5/c31-25(29-16-18-6-5-7-19(14-18)26(32)33)15-28(12-13-28)30-27(34)35-17-24-22-10-3-1-8-20(22)21-9-2-4-11-23(21)24/h1-4,8-11,18-19,24H,5-7,12-17H2,(H,29,31)(H,30,34)(H,32,33). The highest BCUT2D eigenvalue weighted by Crippen LogP contribution is 2.44. The van der Waals surface area contributed by atoms with E-state index in [1.54, 1.807) is 0 Å². The molecule has 184 valence electrons. The molecule has 2 atom stereocenters. The van der Waals surface area contributed by atoms with Gasteiger partial charge in [0.1, 0.15) is 6.61 Å². The number of hydrogen-bond donors (Lipinski definition) is 3. The van der Waals surface area contributed by atoms with Crippen LogP contribution < -0.4 is 10.6 Å². The van der Waals surface area contributed by atoms with Crippen LogP contribution in [0.25, 0.3) is 11.1 Å². The van der Waals surface area contributed by atoms with E-state index >= 15 is 0 Å². The van der Waals surface area contributed by atoms with Crippen LogP contribution in [0.3, 0.4) is 0 Å². The Hall–Kier alpha value is -3.35. The molecular formula is C28H32N2O5. The summed E-state index contributed by atoms with van der Waals surface area (Å²) >= 11 is 0. The summed E-state index contributed by atoms with van der Waals surface area (Å²) in [5, 5.41) is 15.1. The normalized spacial score (nSPS) is 21.9. The van der Waals surface area contributed by atoms with E-state index in [9.17, 15) is 19.5 Å². The van der Waals surface area contributed by atoms with Gasteiger partial charge in [-0.1, -0.05) is 55.0 Å². The number of amides is 2. The van der Waals surface area contributed by atoms with E-state index in [0.29, 0.717) is 19.4 Å². The Bertz CT molecular complexity index is 1080. The topological polar surface area (TPSA) is 105 Å². The van der Waals surface area contributed by atoms with Crippen molar-refractivity contribution < 1.29 is 24.2 Å². The Labute approximate surface area is 205 Å². The summed E-state index contributed by atoms with van der Waals surface area (Å²) in [4.78, 5) is 36.5. The number of aliphatic carboxylic acids is 1. The first-order valence-electron chi connectivity index (χ1n) is 12.6. The minimum absolute atomic E-state index is 0.00303. The number of carbonyl (C=O) groups is 3. The van der Waals surface area contributed by atoms with Gasteiger partial charge in [0.05, 0.1) is 11.5 Å². The van der Waals surface area contributed by atoms with Gasteiger partial charge in [0.25, 0.3) is 0 Å². The molecule has 0 aliphatic heterocycles. The summed E-state index contributed by atoms with van der Waals surface area (Å²) in [6, 6.07) is 16.4. The molecule has 2 fully saturated rings. The Morgan fingerprint density at radius 1 is 0.971 bits per heavy atom. The lowest BCUT2D eigenvalue weighted by Gasteiger charge is -2.27. The predicted octanol–water partition coefficient (Wildman–Crippen LogP) is 4.46. The van der Waals surface area contributed by atoms with Gasteiger partial charge in [-0.15, -0.1) is 0 Å². The summed E-state index contributed by atoms with van der Waals surface area (Å²) in [6.07, 6.45) is 4.36. The number of alkyl carbamates (subject to hydrolysis) is 1. The van der Waals surface area contributed by atoms with E-state index in [0.717, 1.165) is 36.8 Å². The molecule has 2 aromatic carbocycles. The van der Waals surface area contributed by atoms with Crippen molar-refractivity contribution in [2.24, 2.45) is 11.8 Å². The minimum Gasteiger partial charge on any atom is -0.481 e. The summed E-state index contributed by atoms with van der Waals surface area (Å²) in [5.41, 5.74) is 4.15. The summed E-state index contributed by atoms with van der Waals surface area (Å²) in [7, 11) is 0. The summed E-state index contributed by atoms with van der Waals surface area (Å²) < 4.78 is 5.65. The van der Waals surface area contributed by atoms with Crippen LogP contribution in [0.2, 0.25) is 0 Å². The van der Waals surface area contributed by atoms with Crippen molar-refractivity contribution in [1.29, 1.82) is 0 Å². The molecule has 7 heteroatoms. The minimum atomic E-state index is -0.745. The third kappa shape index (κ3) is 5.19. The highest BCUT2D eigenvalue weighted by atomic mass is 16.5. The molecule has 35 heavy (non-hydrogen) atoms. The molecule has 2 saturated carbocycles. The molecule has 2 aromatic rings. The molecular weight excluding hydrogens is 444 g/mol. The van der Waals surface area contributed by atoms with Gasteiger partial charge >= 0.3 is 12.1 Å². The quantitative estimate of drug-likeness (QED) is 0.522. The first kappa shape index (κ1) is 23.4. The van der Waals surface area contributed by atoms with Gasteiger partial charge in [-0.2, -0.15) is 0 Å². The molecule has 3 aliphatic carbocycles. The maximum atomic E-state index is 12.6.